The van der Waals surface area contributed by atoms with Gasteiger partial charge in [0.15, 0.2) is 0 Å². The molecule has 2 heterocycles. The van der Waals surface area contributed by atoms with E-state index >= 15 is 0 Å². The fraction of sp³-hybridized carbons (Fsp3) is 0.125. The van der Waals surface area contributed by atoms with Gasteiger partial charge in [0.25, 0.3) is 0 Å². The van der Waals surface area contributed by atoms with E-state index in [0.717, 1.165) is 0 Å². The van der Waals surface area contributed by atoms with Crippen LogP contribution < -0.4 is 10.1 Å². The Morgan fingerprint density at radius 1 is 1.21 bits per heavy atom. The monoisotopic (exact) mass is 327 g/mol. The van der Waals surface area contributed by atoms with Crippen LogP contribution in [0, 0.1) is 5.82 Å². The maximum Gasteiger partial charge on any atom is 0.247 e. The molecule has 0 saturated heterocycles. The van der Waals surface area contributed by atoms with Crippen molar-refractivity contribution in [3.05, 3.63) is 66.4 Å². The molecule has 122 valence electrons. The van der Waals surface area contributed by atoms with Crippen molar-refractivity contribution in [1.82, 2.24) is 20.0 Å². The number of ether oxygens (including phenoxy) is 1. The van der Waals surface area contributed by atoms with E-state index in [1.54, 1.807) is 30.6 Å². The highest BCUT2D eigenvalue weighted by Gasteiger charge is 2.07. The van der Waals surface area contributed by atoms with E-state index in [2.05, 4.69) is 20.6 Å². The molecule has 0 aliphatic carbocycles. The van der Waals surface area contributed by atoms with Gasteiger partial charge in [-0.05, 0) is 36.4 Å². The van der Waals surface area contributed by atoms with Gasteiger partial charge in [-0.2, -0.15) is 0 Å². The quantitative estimate of drug-likeness (QED) is 0.749. The minimum atomic E-state index is -0.327. The summed E-state index contributed by atoms with van der Waals surface area (Å²) in [5, 5.41) is 10.5. The molecule has 24 heavy (non-hydrogen) atoms. The van der Waals surface area contributed by atoms with Crippen LogP contribution in [0.25, 0.3) is 0 Å². The summed E-state index contributed by atoms with van der Waals surface area (Å²) in [4.78, 5) is 15.9. The van der Waals surface area contributed by atoms with Crippen molar-refractivity contribution >= 4 is 11.7 Å². The Morgan fingerprint density at radius 2 is 2.04 bits per heavy atom. The predicted molar refractivity (Wildman–Crippen MR) is 83.6 cm³/mol. The van der Waals surface area contributed by atoms with Crippen molar-refractivity contribution in [2.45, 2.75) is 13.2 Å². The fourth-order valence-electron chi connectivity index (χ4n) is 1.94. The number of rotatable bonds is 6. The SMILES string of the molecule is O=C(Cn1cc(COc2ccc(F)cc2)nn1)Nc1ccccn1. The van der Waals surface area contributed by atoms with E-state index in [1.165, 1.54) is 28.9 Å². The molecule has 3 aromatic rings. The molecule has 0 spiro atoms. The van der Waals surface area contributed by atoms with Crippen molar-refractivity contribution in [3.8, 4) is 5.75 Å². The highest BCUT2D eigenvalue weighted by molar-refractivity contribution is 5.89. The number of aromatic nitrogens is 4. The Morgan fingerprint density at radius 3 is 2.79 bits per heavy atom. The lowest BCUT2D eigenvalue weighted by atomic mass is 10.3. The number of benzene rings is 1. The molecule has 2 aromatic heterocycles. The van der Waals surface area contributed by atoms with Crippen LogP contribution in [-0.2, 0) is 17.9 Å². The van der Waals surface area contributed by atoms with Gasteiger partial charge in [-0.15, -0.1) is 5.10 Å². The number of carbonyl (C=O) groups excluding carboxylic acids is 1. The molecular weight excluding hydrogens is 313 g/mol. The highest BCUT2D eigenvalue weighted by Crippen LogP contribution is 2.12. The largest absolute Gasteiger partial charge is 0.487 e. The smallest absolute Gasteiger partial charge is 0.247 e. The number of pyridine rings is 1. The molecule has 0 fully saturated rings. The van der Waals surface area contributed by atoms with Crippen LogP contribution in [0.5, 0.6) is 5.75 Å². The number of amides is 1. The normalized spacial score (nSPS) is 10.4. The van der Waals surface area contributed by atoms with Gasteiger partial charge in [0, 0.05) is 6.20 Å². The third-order valence-corrected chi connectivity index (χ3v) is 3.02. The Bertz CT molecular complexity index is 805. The van der Waals surface area contributed by atoms with Crippen molar-refractivity contribution in [2.75, 3.05) is 5.32 Å². The van der Waals surface area contributed by atoms with Gasteiger partial charge < -0.3 is 10.1 Å². The topological polar surface area (TPSA) is 81.9 Å². The predicted octanol–water partition coefficient (Wildman–Crippen LogP) is 2.03. The van der Waals surface area contributed by atoms with E-state index in [0.29, 0.717) is 17.3 Å². The van der Waals surface area contributed by atoms with Gasteiger partial charge in [-0.3, -0.25) is 4.79 Å². The summed E-state index contributed by atoms with van der Waals surface area (Å²) in [6.07, 6.45) is 3.21. The Kier molecular flexibility index (Phi) is 4.76. The van der Waals surface area contributed by atoms with Crippen molar-refractivity contribution in [1.29, 1.82) is 0 Å². The second kappa shape index (κ2) is 7.32. The van der Waals surface area contributed by atoms with Crippen LogP contribution in [0.3, 0.4) is 0 Å². The second-order valence-electron chi connectivity index (χ2n) is 4.91. The van der Waals surface area contributed by atoms with Crippen LogP contribution in [0.1, 0.15) is 5.69 Å². The molecule has 0 aliphatic rings. The third kappa shape index (κ3) is 4.35. The van der Waals surface area contributed by atoms with Gasteiger partial charge in [0.2, 0.25) is 5.91 Å². The first-order valence-electron chi connectivity index (χ1n) is 7.17. The van der Waals surface area contributed by atoms with Crippen LogP contribution in [0.15, 0.2) is 54.9 Å². The lowest BCUT2D eigenvalue weighted by molar-refractivity contribution is -0.116. The summed E-state index contributed by atoms with van der Waals surface area (Å²) in [5.41, 5.74) is 0.560. The second-order valence-corrected chi connectivity index (χ2v) is 4.91. The molecule has 1 N–H and O–H groups in total. The zero-order valence-electron chi connectivity index (χ0n) is 12.6. The molecule has 3 rings (SSSR count). The van der Waals surface area contributed by atoms with Gasteiger partial charge in [0.05, 0.1) is 6.20 Å². The summed E-state index contributed by atoms with van der Waals surface area (Å²) in [7, 11) is 0. The van der Waals surface area contributed by atoms with Crippen LogP contribution in [0.2, 0.25) is 0 Å². The maximum atomic E-state index is 12.8. The average molecular weight is 327 g/mol. The maximum absolute atomic E-state index is 12.8. The molecule has 0 atom stereocenters. The zero-order chi connectivity index (χ0) is 16.8. The summed E-state index contributed by atoms with van der Waals surface area (Å²) in [6, 6.07) is 10.9. The number of halogens is 1. The number of nitrogens with one attached hydrogen (secondary N) is 1. The van der Waals surface area contributed by atoms with Gasteiger partial charge in [-0.1, -0.05) is 11.3 Å². The summed E-state index contributed by atoms with van der Waals surface area (Å²) in [5.74, 6) is 0.415. The number of anilines is 1. The van der Waals surface area contributed by atoms with E-state index in [4.69, 9.17) is 4.74 Å². The van der Waals surface area contributed by atoms with E-state index in [-0.39, 0.29) is 24.9 Å². The molecule has 0 unspecified atom stereocenters. The Balaban J connectivity index is 1.51. The van der Waals surface area contributed by atoms with Crippen molar-refractivity contribution in [2.24, 2.45) is 0 Å². The minimum absolute atomic E-state index is 0.0140. The first-order valence-corrected chi connectivity index (χ1v) is 7.17. The summed E-state index contributed by atoms with van der Waals surface area (Å²) >= 11 is 0. The lowest BCUT2D eigenvalue weighted by Gasteiger charge is -2.03. The van der Waals surface area contributed by atoms with Gasteiger partial charge in [0.1, 0.15) is 36.2 Å². The average Bonchev–Trinajstić information content (AvgIpc) is 3.02. The highest BCUT2D eigenvalue weighted by atomic mass is 19.1. The van der Waals surface area contributed by atoms with Crippen LogP contribution in [-0.4, -0.2) is 25.9 Å². The van der Waals surface area contributed by atoms with Crippen LogP contribution in [0.4, 0.5) is 10.2 Å². The number of hydrogen-bond donors (Lipinski definition) is 1. The van der Waals surface area contributed by atoms with Gasteiger partial charge in [-0.25, -0.2) is 14.1 Å². The van der Waals surface area contributed by atoms with Gasteiger partial charge >= 0.3 is 0 Å². The standard InChI is InChI=1S/C16H14FN5O2/c17-12-4-6-14(7-5-12)24-11-13-9-22(21-20-13)10-16(23)19-15-3-1-2-8-18-15/h1-9H,10-11H2,(H,18,19,23). The molecule has 1 amide bonds. The molecule has 1 aromatic carbocycles. The zero-order valence-corrected chi connectivity index (χ0v) is 12.6. The minimum Gasteiger partial charge on any atom is -0.487 e. The Hall–Kier alpha value is -3.29. The van der Waals surface area contributed by atoms with Crippen molar-refractivity contribution in [3.63, 3.8) is 0 Å². The molecular formula is C16H14FN5O2. The molecule has 0 radical (unpaired) electrons. The molecule has 0 saturated carbocycles. The summed E-state index contributed by atoms with van der Waals surface area (Å²) < 4.78 is 19.7. The third-order valence-electron chi connectivity index (χ3n) is 3.02. The van der Waals surface area contributed by atoms with Crippen molar-refractivity contribution < 1.29 is 13.9 Å². The van der Waals surface area contributed by atoms with Crippen LogP contribution >= 0.6 is 0 Å². The Labute approximate surface area is 137 Å². The first-order chi connectivity index (χ1) is 11.7. The molecule has 7 nitrogen and oxygen atoms in total. The van der Waals surface area contributed by atoms with E-state index < -0.39 is 0 Å². The molecule has 0 aliphatic heterocycles. The number of carbonyl (C=O) groups is 1. The number of hydrogen-bond acceptors (Lipinski definition) is 5. The van der Waals surface area contributed by atoms with E-state index in [1.807, 2.05) is 0 Å². The molecule has 8 heteroatoms. The fourth-order valence-corrected chi connectivity index (χ4v) is 1.94. The first kappa shape index (κ1) is 15.6. The lowest BCUT2D eigenvalue weighted by Crippen LogP contribution is -2.19. The van der Waals surface area contributed by atoms with E-state index in [9.17, 15) is 9.18 Å². The molecule has 0 bridgehead atoms. The number of nitrogens with zero attached hydrogens (tertiary/aromatic N) is 4. The summed E-state index contributed by atoms with van der Waals surface area (Å²) in [6.45, 7) is 0.188.